The first kappa shape index (κ1) is 25.2. The van der Waals surface area contributed by atoms with E-state index >= 15 is 0 Å². The van der Waals surface area contributed by atoms with Crippen LogP contribution in [0.25, 0.3) is 0 Å². The van der Waals surface area contributed by atoms with E-state index in [1.54, 1.807) is 24.3 Å². The van der Waals surface area contributed by atoms with Gasteiger partial charge in [-0.2, -0.15) is 0 Å². The maximum Gasteiger partial charge on any atom is 0.573 e. The molecular formula is C22H19F3N2O5S2. The van der Waals surface area contributed by atoms with Crippen LogP contribution in [-0.2, 0) is 15.8 Å². The van der Waals surface area contributed by atoms with E-state index in [1.165, 1.54) is 54.2 Å². The highest BCUT2D eigenvalue weighted by Gasteiger charge is 2.30. The van der Waals surface area contributed by atoms with E-state index in [0.717, 1.165) is 16.7 Å². The Morgan fingerprint density at radius 1 is 1.03 bits per heavy atom. The van der Waals surface area contributed by atoms with E-state index in [-0.39, 0.29) is 22.9 Å². The Morgan fingerprint density at radius 3 is 2.26 bits per heavy atom. The molecule has 0 bridgehead atoms. The second-order valence-corrected chi connectivity index (χ2v) is 9.86. The Labute approximate surface area is 198 Å². The molecule has 0 aliphatic rings. The summed E-state index contributed by atoms with van der Waals surface area (Å²) in [5.74, 6) is -0.483. The van der Waals surface area contributed by atoms with Crippen LogP contribution in [0.15, 0.2) is 71.6 Å². The lowest BCUT2D eigenvalue weighted by Crippen LogP contribution is -2.16. The van der Waals surface area contributed by atoms with Crippen LogP contribution in [0.5, 0.6) is 11.5 Å². The largest absolute Gasteiger partial charge is 0.573 e. The van der Waals surface area contributed by atoms with Gasteiger partial charge in [0.05, 0.1) is 11.9 Å². The molecule has 7 nitrogen and oxygen atoms in total. The van der Waals surface area contributed by atoms with E-state index in [4.69, 9.17) is 0 Å². The fraction of sp³-hybridized carbons (Fsp3) is 0.136. The first-order valence-corrected chi connectivity index (χ1v) is 12.5. The fourth-order valence-electron chi connectivity index (χ4n) is 2.76. The number of rotatable bonds is 8. The van der Waals surface area contributed by atoms with Crippen molar-refractivity contribution in [2.24, 2.45) is 0 Å². The van der Waals surface area contributed by atoms with Gasteiger partial charge in [0.1, 0.15) is 11.5 Å². The molecule has 0 saturated heterocycles. The number of aromatic hydroxyl groups is 1. The highest BCUT2D eigenvalue weighted by Crippen LogP contribution is 2.29. The number of carbonyl (C=O) groups is 1. The zero-order valence-electron chi connectivity index (χ0n) is 17.6. The molecule has 180 valence electrons. The van der Waals surface area contributed by atoms with Crippen molar-refractivity contribution in [3.8, 4) is 11.5 Å². The molecule has 0 radical (unpaired) electrons. The van der Waals surface area contributed by atoms with Crippen molar-refractivity contribution in [1.82, 2.24) is 0 Å². The molecule has 0 spiro atoms. The Hall–Kier alpha value is -3.38. The average Bonchev–Trinajstić information content (AvgIpc) is 2.74. The third-order valence-corrected chi connectivity index (χ3v) is 5.90. The molecule has 0 heterocycles. The summed E-state index contributed by atoms with van der Waals surface area (Å²) in [6.45, 7) is 0. The van der Waals surface area contributed by atoms with Crippen molar-refractivity contribution in [3.05, 3.63) is 77.9 Å². The van der Waals surface area contributed by atoms with Gasteiger partial charge in [0.25, 0.3) is 5.91 Å². The molecule has 3 aromatic rings. The Morgan fingerprint density at radius 2 is 1.68 bits per heavy atom. The number of phenols is 1. The summed E-state index contributed by atoms with van der Waals surface area (Å²) in [4.78, 5) is 13.3. The molecule has 3 rings (SSSR count). The quantitative estimate of drug-likeness (QED) is 0.218. The molecule has 0 aliphatic carbocycles. The van der Waals surface area contributed by atoms with Crippen LogP contribution in [0.4, 0.5) is 24.5 Å². The monoisotopic (exact) mass is 512 g/mol. The summed E-state index contributed by atoms with van der Waals surface area (Å²) in [7, 11) is -3.61. The first-order chi connectivity index (χ1) is 15.9. The smallest absolute Gasteiger partial charge is 0.506 e. The van der Waals surface area contributed by atoms with E-state index in [2.05, 4.69) is 14.8 Å². The third kappa shape index (κ3) is 7.89. The highest BCUT2D eigenvalue weighted by molar-refractivity contribution is 7.98. The number of carbonyl (C=O) groups excluding carboxylic acids is 1. The summed E-state index contributed by atoms with van der Waals surface area (Å²) < 4.78 is 65.5. The molecule has 12 heteroatoms. The Bertz CT molecular complexity index is 1260. The van der Waals surface area contributed by atoms with Crippen LogP contribution in [0.3, 0.4) is 0 Å². The van der Waals surface area contributed by atoms with Gasteiger partial charge >= 0.3 is 6.36 Å². The van der Waals surface area contributed by atoms with Gasteiger partial charge in [-0.05, 0) is 60.2 Å². The molecule has 0 fully saturated rings. The molecule has 0 atom stereocenters. The summed E-state index contributed by atoms with van der Waals surface area (Å²) in [6, 6.07) is 16.2. The van der Waals surface area contributed by atoms with Crippen LogP contribution in [0, 0.1) is 0 Å². The second kappa shape index (κ2) is 10.3. The molecular weight excluding hydrogens is 493 g/mol. The van der Waals surface area contributed by atoms with E-state index in [9.17, 15) is 31.5 Å². The number of hydrogen-bond acceptors (Lipinski definition) is 6. The predicted octanol–water partition coefficient (Wildman–Crippen LogP) is 5.21. The molecule has 0 unspecified atom stereocenters. The standard InChI is InChI=1S/C22H19F3N2O5S2/c1-34(30,31)27-19-12-16(6-11-20(19)28)26-21(29)15-4-2-14(3-5-15)13-33-18-9-7-17(8-10-18)32-22(23,24)25/h2-12,27-28H,13H2,1H3,(H,26,29). The molecule has 34 heavy (non-hydrogen) atoms. The highest BCUT2D eigenvalue weighted by atomic mass is 32.2. The number of ether oxygens (including phenoxy) is 1. The summed E-state index contributed by atoms with van der Waals surface area (Å²) >= 11 is 1.41. The van der Waals surface area contributed by atoms with Crippen molar-refractivity contribution in [2.45, 2.75) is 17.0 Å². The number of amides is 1. The normalized spacial score (nSPS) is 11.6. The van der Waals surface area contributed by atoms with Crippen molar-refractivity contribution in [3.63, 3.8) is 0 Å². The van der Waals surface area contributed by atoms with Crippen LogP contribution in [-0.4, -0.2) is 32.0 Å². The molecule has 0 aliphatic heterocycles. The average molecular weight is 513 g/mol. The molecule has 1 amide bonds. The van der Waals surface area contributed by atoms with Crippen LogP contribution in [0.1, 0.15) is 15.9 Å². The van der Waals surface area contributed by atoms with Crippen LogP contribution in [0.2, 0.25) is 0 Å². The van der Waals surface area contributed by atoms with Gasteiger partial charge in [0.15, 0.2) is 0 Å². The number of halogens is 3. The molecule has 0 saturated carbocycles. The summed E-state index contributed by atoms with van der Waals surface area (Å²) in [5, 5.41) is 12.4. The third-order valence-electron chi connectivity index (χ3n) is 4.23. The topological polar surface area (TPSA) is 105 Å². The van der Waals surface area contributed by atoms with Gasteiger partial charge < -0.3 is 15.2 Å². The molecule has 0 aromatic heterocycles. The zero-order valence-corrected chi connectivity index (χ0v) is 19.2. The van der Waals surface area contributed by atoms with Gasteiger partial charge in [-0.1, -0.05) is 12.1 Å². The summed E-state index contributed by atoms with van der Waals surface area (Å²) in [6.07, 6.45) is -3.80. The summed E-state index contributed by atoms with van der Waals surface area (Å²) in [5.41, 5.74) is 1.46. The van der Waals surface area contributed by atoms with E-state index in [0.29, 0.717) is 11.3 Å². The lowest BCUT2D eigenvalue weighted by Gasteiger charge is -2.11. The maximum absolute atomic E-state index is 12.5. The predicted molar refractivity (Wildman–Crippen MR) is 124 cm³/mol. The van der Waals surface area contributed by atoms with Gasteiger partial charge in [-0.15, -0.1) is 24.9 Å². The minimum absolute atomic E-state index is 0.0642. The van der Waals surface area contributed by atoms with Gasteiger partial charge in [-0.25, -0.2) is 8.42 Å². The van der Waals surface area contributed by atoms with Gasteiger partial charge in [-0.3, -0.25) is 9.52 Å². The molecule has 3 aromatic carbocycles. The van der Waals surface area contributed by atoms with Crippen LogP contribution < -0.4 is 14.8 Å². The molecule has 3 N–H and O–H groups in total. The van der Waals surface area contributed by atoms with E-state index < -0.39 is 22.3 Å². The van der Waals surface area contributed by atoms with Gasteiger partial charge in [0, 0.05) is 21.9 Å². The Balaban J connectivity index is 1.58. The lowest BCUT2D eigenvalue weighted by atomic mass is 10.1. The minimum atomic E-state index is -4.74. The number of sulfonamides is 1. The minimum Gasteiger partial charge on any atom is -0.506 e. The number of nitrogens with one attached hydrogen (secondary N) is 2. The number of anilines is 2. The van der Waals surface area contributed by atoms with Gasteiger partial charge in [0.2, 0.25) is 10.0 Å². The number of thioether (sulfide) groups is 1. The SMILES string of the molecule is CS(=O)(=O)Nc1cc(NC(=O)c2ccc(CSc3ccc(OC(F)(F)F)cc3)cc2)ccc1O. The van der Waals surface area contributed by atoms with Crippen LogP contribution >= 0.6 is 11.8 Å². The maximum atomic E-state index is 12.5. The number of hydrogen-bond donors (Lipinski definition) is 3. The second-order valence-electron chi connectivity index (χ2n) is 7.07. The fourth-order valence-corrected chi connectivity index (χ4v) is 4.17. The van der Waals surface area contributed by atoms with Crippen molar-refractivity contribution in [2.75, 3.05) is 16.3 Å². The van der Waals surface area contributed by atoms with Crippen molar-refractivity contribution >= 4 is 39.1 Å². The zero-order chi connectivity index (χ0) is 24.9. The number of phenolic OH excluding ortho intramolecular Hbond substituents is 1. The Kier molecular flexibility index (Phi) is 7.62. The van der Waals surface area contributed by atoms with E-state index in [1.807, 2.05) is 0 Å². The van der Waals surface area contributed by atoms with Crippen molar-refractivity contribution in [1.29, 1.82) is 0 Å². The number of alkyl halides is 3. The lowest BCUT2D eigenvalue weighted by molar-refractivity contribution is -0.274. The van der Waals surface area contributed by atoms with Crippen molar-refractivity contribution < 1.29 is 36.2 Å². The first-order valence-electron chi connectivity index (χ1n) is 9.58. The number of benzene rings is 3.